The van der Waals surface area contributed by atoms with Crippen LogP contribution in [0.1, 0.15) is 52.4 Å². The quantitative estimate of drug-likeness (QED) is 0.636. The second-order valence-electron chi connectivity index (χ2n) is 8.79. The average Bonchev–Trinajstić information content (AvgIpc) is 3.22. The molecule has 0 aromatic heterocycles. The van der Waals surface area contributed by atoms with Crippen molar-refractivity contribution in [1.82, 2.24) is 0 Å². The van der Waals surface area contributed by atoms with Crippen molar-refractivity contribution in [1.29, 1.82) is 0 Å². The molecule has 5 aliphatic carbocycles. The van der Waals surface area contributed by atoms with E-state index in [1.807, 2.05) is 6.08 Å². The standard InChI is InChI=1S/C20H24O2/c1-19-7-5-12(21)9-11(19)3-4-13-16(19)6-8-20(2)17(13)14-10-15(14)18(20)22/h6,9,13-15,17H,3-5,7-8,10H2,1-2H3/t13?,14?,15?,17?,19-,20-/m0/s1. The molecule has 0 aromatic carbocycles. The van der Waals surface area contributed by atoms with Gasteiger partial charge in [-0.25, -0.2) is 0 Å². The summed E-state index contributed by atoms with van der Waals surface area (Å²) < 4.78 is 0. The minimum Gasteiger partial charge on any atom is -0.299 e. The molecule has 3 fully saturated rings. The van der Waals surface area contributed by atoms with E-state index in [4.69, 9.17) is 0 Å². The Bertz CT molecular complexity index is 669. The molecule has 22 heavy (non-hydrogen) atoms. The summed E-state index contributed by atoms with van der Waals surface area (Å²) in [7, 11) is 0. The van der Waals surface area contributed by atoms with Crippen molar-refractivity contribution < 1.29 is 9.59 Å². The van der Waals surface area contributed by atoms with Crippen LogP contribution in [-0.4, -0.2) is 11.6 Å². The fraction of sp³-hybridized carbons (Fsp3) is 0.700. The molecular weight excluding hydrogens is 272 g/mol. The molecule has 5 aliphatic rings. The number of hydrogen-bond acceptors (Lipinski definition) is 2. The fourth-order valence-electron chi connectivity index (χ4n) is 6.54. The van der Waals surface area contributed by atoms with Gasteiger partial charge in [0.25, 0.3) is 0 Å². The molecular formula is C20H24O2. The summed E-state index contributed by atoms with van der Waals surface area (Å²) in [5.74, 6) is 3.11. The molecule has 5 rings (SSSR count). The zero-order valence-electron chi connectivity index (χ0n) is 13.5. The summed E-state index contributed by atoms with van der Waals surface area (Å²) in [5, 5.41) is 0. The maximum atomic E-state index is 12.7. The smallest absolute Gasteiger partial charge is 0.155 e. The van der Waals surface area contributed by atoms with E-state index in [1.165, 1.54) is 5.57 Å². The molecule has 3 saturated carbocycles. The predicted molar refractivity (Wildman–Crippen MR) is 84.1 cm³/mol. The molecule has 0 aliphatic heterocycles. The van der Waals surface area contributed by atoms with E-state index < -0.39 is 0 Å². The first kappa shape index (κ1) is 13.3. The molecule has 0 radical (unpaired) electrons. The molecule has 2 heteroatoms. The Morgan fingerprint density at radius 1 is 1.14 bits per heavy atom. The van der Waals surface area contributed by atoms with Crippen molar-refractivity contribution >= 4 is 11.6 Å². The Labute approximate surface area is 132 Å². The number of carbonyl (C=O) groups is 2. The lowest BCUT2D eigenvalue weighted by Gasteiger charge is -2.52. The largest absolute Gasteiger partial charge is 0.299 e. The van der Waals surface area contributed by atoms with Crippen LogP contribution in [0, 0.1) is 34.5 Å². The normalized spacial score (nSPS) is 52.1. The monoisotopic (exact) mass is 296 g/mol. The summed E-state index contributed by atoms with van der Waals surface area (Å²) in [6, 6.07) is 0. The lowest BCUT2D eigenvalue weighted by Crippen LogP contribution is -2.46. The molecule has 0 aromatic rings. The molecule has 0 bridgehead atoms. The van der Waals surface area contributed by atoms with Gasteiger partial charge >= 0.3 is 0 Å². The Morgan fingerprint density at radius 3 is 2.77 bits per heavy atom. The lowest BCUT2D eigenvalue weighted by molar-refractivity contribution is -0.130. The average molecular weight is 296 g/mol. The van der Waals surface area contributed by atoms with Crippen molar-refractivity contribution in [2.75, 3.05) is 0 Å². The number of Topliss-reactive ketones (excluding diaryl/α,β-unsaturated/α-hetero) is 1. The van der Waals surface area contributed by atoms with Crippen LogP contribution in [0.25, 0.3) is 0 Å². The Balaban J connectivity index is 1.61. The lowest BCUT2D eigenvalue weighted by atomic mass is 9.51. The summed E-state index contributed by atoms with van der Waals surface area (Å²) in [4.78, 5) is 24.5. The highest BCUT2D eigenvalue weighted by Gasteiger charge is 2.68. The number of carbonyl (C=O) groups excluding carboxylic acids is 2. The molecule has 0 saturated heterocycles. The summed E-state index contributed by atoms with van der Waals surface area (Å²) >= 11 is 0. The topological polar surface area (TPSA) is 34.1 Å². The zero-order chi connectivity index (χ0) is 15.3. The predicted octanol–water partition coefficient (Wildman–Crippen LogP) is 3.86. The number of allylic oxidation sites excluding steroid dienone is 4. The van der Waals surface area contributed by atoms with Gasteiger partial charge < -0.3 is 0 Å². The van der Waals surface area contributed by atoms with Crippen LogP contribution >= 0.6 is 0 Å². The van der Waals surface area contributed by atoms with E-state index in [2.05, 4.69) is 19.9 Å². The van der Waals surface area contributed by atoms with E-state index in [9.17, 15) is 9.59 Å². The summed E-state index contributed by atoms with van der Waals surface area (Å²) in [6.07, 6.45) is 10.3. The van der Waals surface area contributed by atoms with E-state index in [0.29, 0.717) is 41.7 Å². The SMILES string of the molecule is C[C@]12CCC(=O)C=C1CCC1C2=CC[C@]2(C)C(=O)C3CC3C12. The van der Waals surface area contributed by atoms with E-state index in [-0.39, 0.29) is 10.8 Å². The van der Waals surface area contributed by atoms with E-state index >= 15 is 0 Å². The van der Waals surface area contributed by atoms with Gasteiger partial charge in [-0.3, -0.25) is 9.59 Å². The highest BCUT2D eigenvalue weighted by molar-refractivity contribution is 5.94. The molecule has 2 nitrogen and oxygen atoms in total. The maximum absolute atomic E-state index is 12.7. The number of hydrogen-bond donors (Lipinski definition) is 0. The molecule has 4 unspecified atom stereocenters. The van der Waals surface area contributed by atoms with Gasteiger partial charge in [-0.05, 0) is 55.9 Å². The minimum atomic E-state index is -0.0795. The third-order valence-electron chi connectivity index (χ3n) is 7.79. The van der Waals surface area contributed by atoms with Gasteiger partial charge in [0.1, 0.15) is 5.78 Å². The van der Waals surface area contributed by atoms with Gasteiger partial charge in [-0.15, -0.1) is 0 Å². The van der Waals surface area contributed by atoms with Gasteiger partial charge in [0.05, 0.1) is 0 Å². The van der Waals surface area contributed by atoms with Gasteiger partial charge in [-0.2, -0.15) is 0 Å². The highest BCUT2D eigenvalue weighted by Crippen LogP contribution is 2.70. The van der Waals surface area contributed by atoms with Crippen molar-refractivity contribution in [2.45, 2.75) is 52.4 Å². The Kier molecular flexibility index (Phi) is 2.31. The van der Waals surface area contributed by atoms with Gasteiger partial charge in [-0.1, -0.05) is 31.1 Å². The maximum Gasteiger partial charge on any atom is 0.155 e. The first-order valence-corrected chi connectivity index (χ1v) is 8.94. The van der Waals surface area contributed by atoms with Crippen LogP contribution in [0.5, 0.6) is 0 Å². The van der Waals surface area contributed by atoms with Crippen molar-refractivity contribution in [3.63, 3.8) is 0 Å². The van der Waals surface area contributed by atoms with Crippen LogP contribution in [0.4, 0.5) is 0 Å². The van der Waals surface area contributed by atoms with Crippen molar-refractivity contribution in [3.05, 3.63) is 23.3 Å². The fourth-order valence-corrected chi connectivity index (χ4v) is 6.54. The van der Waals surface area contributed by atoms with Crippen LogP contribution < -0.4 is 0 Å². The van der Waals surface area contributed by atoms with Crippen LogP contribution in [-0.2, 0) is 9.59 Å². The highest BCUT2D eigenvalue weighted by atomic mass is 16.1. The molecule has 6 atom stereocenters. The van der Waals surface area contributed by atoms with Gasteiger partial charge in [0.15, 0.2) is 5.78 Å². The first-order valence-electron chi connectivity index (χ1n) is 8.94. The van der Waals surface area contributed by atoms with Crippen LogP contribution in [0.2, 0.25) is 0 Å². The van der Waals surface area contributed by atoms with E-state index in [1.54, 1.807) is 5.57 Å². The number of ketones is 2. The Hall–Kier alpha value is -1.18. The second-order valence-corrected chi connectivity index (χ2v) is 8.79. The number of fused-ring (bicyclic) bond motifs is 7. The molecule has 0 spiro atoms. The molecule has 0 heterocycles. The van der Waals surface area contributed by atoms with Crippen LogP contribution in [0.15, 0.2) is 23.3 Å². The first-order chi connectivity index (χ1) is 10.4. The zero-order valence-corrected chi connectivity index (χ0v) is 13.5. The van der Waals surface area contributed by atoms with E-state index in [0.717, 1.165) is 32.1 Å². The third-order valence-corrected chi connectivity index (χ3v) is 7.79. The second kappa shape index (κ2) is 3.83. The third kappa shape index (κ3) is 1.38. The van der Waals surface area contributed by atoms with Gasteiger partial charge in [0.2, 0.25) is 0 Å². The molecule has 0 N–H and O–H groups in total. The van der Waals surface area contributed by atoms with Crippen LogP contribution in [0.3, 0.4) is 0 Å². The molecule has 116 valence electrons. The summed E-state index contributed by atoms with van der Waals surface area (Å²) in [6.45, 7) is 4.59. The molecule has 0 amide bonds. The Morgan fingerprint density at radius 2 is 1.95 bits per heavy atom. The van der Waals surface area contributed by atoms with Crippen molar-refractivity contribution in [2.24, 2.45) is 34.5 Å². The van der Waals surface area contributed by atoms with Gasteiger partial charge in [0, 0.05) is 23.2 Å². The minimum absolute atomic E-state index is 0.0795. The summed E-state index contributed by atoms with van der Waals surface area (Å²) in [5.41, 5.74) is 2.98. The number of rotatable bonds is 0. The van der Waals surface area contributed by atoms with Crippen molar-refractivity contribution in [3.8, 4) is 0 Å².